The summed E-state index contributed by atoms with van der Waals surface area (Å²) in [5, 5.41) is 5.44. The fourth-order valence-corrected chi connectivity index (χ4v) is 2.83. The van der Waals surface area contributed by atoms with Gasteiger partial charge in [-0.2, -0.15) is 0 Å². The molecule has 0 aliphatic rings. The number of fused-ring (bicyclic) bond motifs is 1. The molecule has 0 saturated carbocycles. The molecule has 0 saturated heterocycles. The molecule has 1 amide bonds. The zero-order valence-electron chi connectivity index (χ0n) is 14.1. The van der Waals surface area contributed by atoms with Crippen LogP contribution in [0.1, 0.15) is 18.5 Å². The van der Waals surface area contributed by atoms with Crippen molar-refractivity contribution in [2.24, 2.45) is 0 Å². The van der Waals surface area contributed by atoms with Gasteiger partial charge in [0.25, 0.3) is 0 Å². The molecule has 3 aromatic carbocycles. The van der Waals surface area contributed by atoms with Crippen LogP contribution in [0.3, 0.4) is 0 Å². The lowest BCUT2D eigenvalue weighted by molar-refractivity contribution is -0.120. The topological polar surface area (TPSA) is 32.3 Å². The van der Waals surface area contributed by atoms with Crippen LogP contribution in [0.4, 0.5) is 5.69 Å². The quantitative estimate of drug-likeness (QED) is 0.766. The van der Waals surface area contributed by atoms with E-state index >= 15 is 0 Å². The number of nitrogens with one attached hydrogen (secondary N) is 1. The molecule has 1 atom stereocenters. The lowest BCUT2D eigenvalue weighted by Gasteiger charge is -2.21. The molecule has 3 rings (SSSR count). The highest BCUT2D eigenvalue weighted by molar-refractivity contribution is 5.87. The highest BCUT2D eigenvalue weighted by Crippen LogP contribution is 2.21. The first kappa shape index (κ1) is 16.1. The number of carbonyl (C=O) groups is 1. The van der Waals surface area contributed by atoms with E-state index in [1.807, 2.05) is 61.3 Å². The second-order valence-corrected chi connectivity index (χ2v) is 6.09. The summed E-state index contributed by atoms with van der Waals surface area (Å²) in [7, 11) is 1.94. The molecule has 3 nitrogen and oxygen atoms in total. The van der Waals surface area contributed by atoms with Crippen LogP contribution in [-0.4, -0.2) is 19.5 Å². The van der Waals surface area contributed by atoms with Gasteiger partial charge in [-0.3, -0.25) is 4.79 Å². The molecule has 1 N–H and O–H groups in total. The summed E-state index contributed by atoms with van der Waals surface area (Å²) in [4.78, 5) is 14.3. The molecule has 122 valence electrons. The van der Waals surface area contributed by atoms with Gasteiger partial charge in [0.1, 0.15) is 0 Å². The second-order valence-electron chi connectivity index (χ2n) is 6.09. The maximum Gasteiger partial charge on any atom is 0.239 e. The van der Waals surface area contributed by atoms with Crippen molar-refractivity contribution in [3.8, 4) is 0 Å². The fourth-order valence-electron chi connectivity index (χ4n) is 2.83. The summed E-state index contributed by atoms with van der Waals surface area (Å²) < 4.78 is 0. The predicted octanol–water partition coefficient (Wildman–Crippen LogP) is 4.15. The Balaban J connectivity index is 1.64. The van der Waals surface area contributed by atoms with Crippen molar-refractivity contribution in [3.05, 3.63) is 78.4 Å². The van der Waals surface area contributed by atoms with E-state index in [0.29, 0.717) is 6.54 Å². The second kappa shape index (κ2) is 7.18. The summed E-state index contributed by atoms with van der Waals surface area (Å²) >= 11 is 0. The number of likely N-dealkylation sites (N-methyl/N-ethyl adjacent to an activating group) is 1. The van der Waals surface area contributed by atoms with E-state index in [4.69, 9.17) is 0 Å². The van der Waals surface area contributed by atoms with Crippen LogP contribution in [0.2, 0.25) is 0 Å². The molecule has 0 aliphatic carbocycles. The van der Waals surface area contributed by atoms with Gasteiger partial charge in [-0.1, -0.05) is 60.7 Å². The Labute approximate surface area is 142 Å². The smallest absolute Gasteiger partial charge is 0.239 e. The first-order valence-electron chi connectivity index (χ1n) is 8.18. The molecule has 3 aromatic rings. The standard InChI is InChI=1S/C21H22N2O/c1-16(17-8-4-3-5-9-17)22-21(24)15-23(2)20-13-12-18-10-6-7-11-19(18)14-20/h3-14,16H,15H2,1-2H3,(H,22,24)/t16-/m0/s1. The van der Waals surface area contributed by atoms with Crippen molar-refractivity contribution < 1.29 is 4.79 Å². The summed E-state index contributed by atoms with van der Waals surface area (Å²) in [6.45, 7) is 2.33. The Morgan fingerprint density at radius 2 is 1.62 bits per heavy atom. The van der Waals surface area contributed by atoms with Gasteiger partial charge < -0.3 is 10.2 Å². The van der Waals surface area contributed by atoms with Gasteiger partial charge in [0.15, 0.2) is 0 Å². The van der Waals surface area contributed by atoms with Gasteiger partial charge in [-0.25, -0.2) is 0 Å². The van der Waals surface area contributed by atoms with Gasteiger partial charge in [0, 0.05) is 12.7 Å². The summed E-state index contributed by atoms with van der Waals surface area (Å²) in [6, 6.07) is 24.5. The number of carbonyl (C=O) groups excluding carboxylic acids is 1. The number of rotatable bonds is 5. The van der Waals surface area contributed by atoms with Crippen LogP contribution in [0.5, 0.6) is 0 Å². The first-order chi connectivity index (χ1) is 11.6. The zero-order valence-corrected chi connectivity index (χ0v) is 14.1. The molecule has 0 fully saturated rings. The van der Waals surface area contributed by atoms with Crippen molar-refractivity contribution in [2.75, 3.05) is 18.5 Å². The monoisotopic (exact) mass is 318 g/mol. The fraction of sp³-hybridized carbons (Fsp3) is 0.190. The number of anilines is 1. The molecule has 0 heterocycles. The van der Waals surface area contributed by atoms with Gasteiger partial charge in [-0.05, 0) is 35.4 Å². The van der Waals surface area contributed by atoms with Crippen molar-refractivity contribution >= 4 is 22.4 Å². The van der Waals surface area contributed by atoms with Crippen LogP contribution in [0, 0.1) is 0 Å². The van der Waals surface area contributed by atoms with Crippen molar-refractivity contribution in [2.45, 2.75) is 13.0 Å². The van der Waals surface area contributed by atoms with Crippen LogP contribution < -0.4 is 10.2 Å². The van der Waals surface area contributed by atoms with Crippen LogP contribution in [0.25, 0.3) is 10.8 Å². The average Bonchev–Trinajstić information content (AvgIpc) is 2.61. The number of hydrogen-bond donors (Lipinski definition) is 1. The maximum atomic E-state index is 12.3. The largest absolute Gasteiger partial charge is 0.365 e. The summed E-state index contributed by atoms with van der Waals surface area (Å²) in [5.74, 6) is 0.0158. The molecular formula is C21H22N2O. The van der Waals surface area contributed by atoms with Gasteiger partial charge in [-0.15, -0.1) is 0 Å². The van der Waals surface area contributed by atoms with E-state index in [1.54, 1.807) is 0 Å². The highest BCUT2D eigenvalue weighted by Gasteiger charge is 2.12. The Bertz CT molecular complexity index is 829. The molecule has 0 bridgehead atoms. The molecule has 0 radical (unpaired) electrons. The number of nitrogens with zero attached hydrogens (tertiary/aromatic N) is 1. The predicted molar refractivity (Wildman–Crippen MR) is 100 cm³/mol. The van der Waals surface area contributed by atoms with Gasteiger partial charge >= 0.3 is 0 Å². The lowest BCUT2D eigenvalue weighted by Crippen LogP contribution is -2.36. The molecule has 0 spiro atoms. The summed E-state index contributed by atoms with van der Waals surface area (Å²) in [5.41, 5.74) is 2.15. The maximum absolute atomic E-state index is 12.3. The Morgan fingerprint density at radius 1 is 0.958 bits per heavy atom. The Kier molecular flexibility index (Phi) is 4.80. The van der Waals surface area contributed by atoms with Gasteiger partial charge in [0.05, 0.1) is 12.6 Å². The first-order valence-corrected chi connectivity index (χ1v) is 8.18. The van der Waals surface area contributed by atoms with Gasteiger partial charge in [0.2, 0.25) is 5.91 Å². The van der Waals surface area contributed by atoms with Crippen molar-refractivity contribution in [3.63, 3.8) is 0 Å². The zero-order chi connectivity index (χ0) is 16.9. The molecule has 0 unspecified atom stereocenters. The Morgan fingerprint density at radius 3 is 2.38 bits per heavy atom. The van der Waals surface area contributed by atoms with E-state index in [9.17, 15) is 4.79 Å². The third-order valence-corrected chi connectivity index (χ3v) is 4.23. The minimum atomic E-state index is 0.00343. The normalized spacial score (nSPS) is 11.9. The molecule has 0 aliphatic heterocycles. The van der Waals surface area contributed by atoms with Crippen LogP contribution in [-0.2, 0) is 4.79 Å². The van der Waals surface area contributed by atoms with E-state index in [-0.39, 0.29) is 11.9 Å². The minimum Gasteiger partial charge on any atom is -0.365 e. The molecular weight excluding hydrogens is 296 g/mol. The SMILES string of the molecule is C[C@H](NC(=O)CN(C)c1ccc2ccccc2c1)c1ccccc1. The van der Waals surface area contributed by atoms with Crippen molar-refractivity contribution in [1.82, 2.24) is 5.32 Å². The Hall–Kier alpha value is -2.81. The lowest BCUT2D eigenvalue weighted by atomic mass is 10.1. The summed E-state index contributed by atoms with van der Waals surface area (Å²) in [6.07, 6.45) is 0. The van der Waals surface area contributed by atoms with E-state index in [2.05, 4.69) is 35.6 Å². The van der Waals surface area contributed by atoms with E-state index in [0.717, 1.165) is 11.3 Å². The van der Waals surface area contributed by atoms with Crippen LogP contribution >= 0.6 is 0 Å². The molecule has 3 heteroatoms. The average molecular weight is 318 g/mol. The van der Waals surface area contributed by atoms with E-state index < -0.39 is 0 Å². The van der Waals surface area contributed by atoms with E-state index in [1.165, 1.54) is 10.8 Å². The highest BCUT2D eigenvalue weighted by atomic mass is 16.2. The number of hydrogen-bond acceptors (Lipinski definition) is 2. The molecule has 24 heavy (non-hydrogen) atoms. The third kappa shape index (κ3) is 3.74. The number of amides is 1. The third-order valence-electron chi connectivity index (χ3n) is 4.23. The van der Waals surface area contributed by atoms with Crippen LogP contribution in [0.15, 0.2) is 72.8 Å². The van der Waals surface area contributed by atoms with Crippen molar-refractivity contribution in [1.29, 1.82) is 0 Å². The minimum absolute atomic E-state index is 0.00343. The number of benzene rings is 3. The molecule has 0 aromatic heterocycles.